The maximum Gasteiger partial charge on any atom is 0.224 e. The average Bonchev–Trinajstić information content (AvgIpc) is 2.38. The van der Waals surface area contributed by atoms with Crippen molar-refractivity contribution >= 4 is 11.7 Å². The Balaban J connectivity index is 2.95. The SMILES string of the molecule is CNC(=O)Cc1cc(C(=O)C=CN(C)C)ccc1F. The summed E-state index contributed by atoms with van der Waals surface area (Å²) < 4.78 is 13.5. The number of rotatable bonds is 5. The van der Waals surface area contributed by atoms with Gasteiger partial charge in [0.2, 0.25) is 5.91 Å². The summed E-state index contributed by atoms with van der Waals surface area (Å²) in [6, 6.07) is 4.02. The van der Waals surface area contributed by atoms with Gasteiger partial charge in [0.25, 0.3) is 0 Å². The van der Waals surface area contributed by atoms with E-state index < -0.39 is 5.82 Å². The van der Waals surface area contributed by atoms with Crippen LogP contribution in [0.1, 0.15) is 15.9 Å². The van der Waals surface area contributed by atoms with Gasteiger partial charge in [-0.1, -0.05) is 0 Å². The summed E-state index contributed by atoms with van der Waals surface area (Å²) in [6.45, 7) is 0. The van der Waals surface area contributed by atoms with Gasteiger partial charge in [-0.25, -0.2) is 4.39 Å². The average molecular weight is 264 g/mol. The molecular formula is C14H17FN2O2. The number of hydrogen-bond acceptors (Lipinski definition) is 3. The summed E-state index contributed by atoms with van der Waals surface area (Å²) >= 11 is 0. The number of carbonyl (C=O) groups is 2. The Hall–Kier alpha value is -2.17. The summed E-state index contributed by atoms with van der Waals surface area (Å²) in [6.07, 6.45) is 2.93. The van der Waals surface area contributed by atoms with Gasteiger partial charge >= 0.3 is 0 Å². The lowest BCUT2D eigenvalue weighted by atomic mass is 10.0. The minimum Gasteiger partial charge on any atom is -0.383 e. The van der Waals surface area contributed by atoms with Crippen LogP contribution in [0.15, 0.2) is 30.5 Å². The van der Waals surface area contributed by atoms with Gasteiger partial charge in [-0.15, -0.1) is 0 Å². The van der Waals surface area contributed by atoms with Crippen LogP contribution >= 0.6 is 0 Å². The Kier molecular flexibility index (Phi) is 5.23. The van der Waals surface area contributed by atoms with Gasteiger partial charge in [-0.05, 0) is 23.8 Å². The molecule has 5 heteroatoms. The number of halogens is 1. The predicted octanol–water partition coefficient (Wildman–Crippen LogP) is 1.37. The third-order valence-corrected chi connectivity index (χ3v) is 2.48. The second-order valence-electron chi connectivity index (χ2n) is 4.30. The van der Waals surface area contributed by atoms with Crippen molar-refractivity contribution in [3.63, 3.8) is 0 Å². The van der Waals surface area contributed by atoms with Crippen molar-refractivity contribution in [1.82, 2.24) is 10.2 Å². The highest BCUT2D eigenvalue weighted by Crippen LogP contribution is 2.12. The van der Waals surface area contributed by atoms with E-state index in [0.717, 1.165) is 0 Å². The first-order chi connectivity index (χ1) is 8.93. The molecule has 0 saturated carbocycles. The van der Waals surface area contributed by atoms with Crippen LogP contribution in [-0.4, -0.2) is 37.7 Å². The summed E-state index contributed by atoms with van der Waals surface area (Å²) in [5.41, 5.74) is 0.571. The molecule has 0 heterocycles. The maximum atomic E-state index is 13.5. The molecule has 4 nitrogen and oxygen atoms in total. The first-order valence-corrected chi connectivity index (χ1v) is 5.82. The van der Waals surface area contributed by atoms with E-state index in [4.69, 9.17) is 0 Å². The van der Waals surface area contributed by atoms with Crippen LogP contribution < -0.4 is 5.32 Å². The van der Waals surface area contributed by atoms with Crippen LogP contribution in [0.2, 0.25) is 0 Å². The Morgan fingerprint density at radius 3 is 2.63 bits per heavy atom. The monoisotopic (exact) mass is 264 g/mol. The number of nitrogens with zero attached hydrogens (tertiary/aromatic N) is 1. The van der Waals surface area contributed by atoms with E-state index in [0.29, 0.717) is 5.56 Å². The van der Waals surface area contributed by atoms with Gasteiger partial charge in [0.15, 0.2) is 5.78 Å². The zero-order valence-electron chi connectivity index (χ0n) is 11.2. The summed E-state index contributed by atoms with van der Waals surface area (Å²) in [4.78, 5) is 24.8. The van der Waals surface area contributed by atoms with Gasteiger partial charge in [-0.2, -0.15) is 0 Å². The number of allylic oxidation sites excluding steroid dienone is 1. The van der Waals surface area contributed by atoms with E-state index in [9.17, 15) is 14.0 Å². The number of ketones is 1. The minimum absolute atomic E-state index is 0.0825. The summed E-state index contributed by atoms with van der Waals surface area (Å²) in [5, 5.41) is 2.42. The number of benzene rings is 1. The zero-order chi connectivity index (χ0) is 14.4. The van der Waals surface area contributed by atoms with Crippen LogP contribution in [0.5, 0.6) is 0 Å². The fourth-order valence-corrected chi connectivity index (χ4v) is 1.44. The molecule has 1 aromatic rings. The fourth-order valence-electron chi connectivity index (χ4n) is 1.44. The number of carbonyl (C=O) groups excluding carboxylic acids is 2. The maximum absolute atomic E-state index is 13.5. The van der Waals surface area contributed by atoms with E-state index in [1.165, 1.54) is 31.3 Å². The molecule has 0 aromatic heterocycles. The molecule has 0 aliphatic heterocycles. The first kappa shape index (κ1) is 14.9. The molecule has 0 aliphatic rings. The molecule has 0 saturated heterocycles. The molecule has 0 spiro atoms. The Morgan fingerprint density at radius 1 is 1.37 bits per heavy atom. The van der Waals surface area contributed by atoms with E-state index >= 15 is 0 Å². The van der Waals surface area contributed by atoms with Crippen molar-refractivity contribution in [2.75, 3.05) is 21.1 Å². The molecule has 1 aromatic carbocycles. The number of nitrogens with one attached hydrogen (secondary N) is 1. The predicted molar refractivity (Wildman–Crippen MR) is 71.3 cm³/mol. The lowest BCUT2D eigenvalue weighted by molar-refractivity contribution is -0.120. The van der Waals surface area contributed by atoms with Gasteiger partial charge in [-0.3, -0.25) is 9.59 Å². The van der Waals surface area contributed by atoms with Crippen LogP contribution in [-0.2, 0) is 11.2 Å². The molecular weight excluding hydrogens is 247 g/mol. The number of likely N-dealkylation sites (N-methyl/N-ethyl adjacent to an activating group) is 1. The van der Waals surface area contributed by atoms with E-state index in [-0.39, 0.29) is 23.7 Å². The molecule has 0 atom stereocenters. The van der Waals surface area contributed by atoms with Crippen LogP contribution in [0, 0.1) is 5.82 Å². The molecule has 1 rings (SSSR count). The second-order valence-corrected chi connectivity index (χ2v) is 4.30. The van der Waals surface area contributed by atoms with Crippen LogP contribution in [0.4, 0.5) is 4.39 Å². The van der Waals surface area contributed by atoms with Crippen molar-refractivity contribution < 1.29 is 14.0 Å². The van der Waals surface area contributed by atoms with E-state index in [1.54, 1.807) is 25.2 Å². The van der Waals surface area contributed by atoms with Crippen molar-refractivity contribution in [3.05, 3.63) is 47.4 Å². The second kappa shape index (κ2) is 6.68. The van der Waals surface area contributed by atoms with Gasteiger partial charge in [0, 0.05) is 39.0 Å². The molecule has 0 aliphatic carbocycles. The third-order valence-electron chi connectivity index (χ3n) is 2.48. The molecule has 102 valence electrons. The number of hydrogen-bond donors (Lipinski definition) is 1. The largest absolute Gasteiger partial charge is 0.383 e. The minimum atomic E-state index is -0.489. The quantitative estimate of drug-likeness (QED) is 0.645. The van der Waals surface area contributed by atoms with Crippen molar-refractivity contribution in [2.24, 2.45) is 0 Å². The molecule has 19 heavy (non-hydrogen) atoms. The summed E-state index contributed by atoms with van der Waals surface area (Å²) in [5.74, 6) is -1.02. The van der Waals surface area contributed by atoms with Crippen molar-refractivity contribution in [3.8, 4) is 0 Å². The van der Waals surface area contributed by atoms with E-state index in [2.05, 4.69) is 5.32 Å². The third kappa shape index (κ3) is 4.54. The fraction of sp³-hybridized carbons (Fsp3) is 0.286. The lowest BCUT2D eigenvalue weighted by Gasteiger charge is -2.06. The lowest BCUT2D eigenvalue weighted by Crippen LogP contribution is -2.20. The molecule has 1 N–H and O–H groups in total. The van der Waals surface area contributed by atoms with Crippen LogP contribution in [0.25, 0.3) is 0 Å². The smallest absolute Gasteiger partial charge is 0.224 e. The standard InChI is InChI=1S/C14H17FN2O2/c1-16-14(19)9-11-8-10(4-5-12(11)15)13(18)6-7-17(2)3/h4-8H,9H2,1-3H3,(H,16,19). The zero-order valence-corrected chi connectivity index (χ0v) is 11.2. The van der Waals surface area contributed by atoms with Crippen LogP contribution in [0.3, 0.4) is 0 Å². The van der Waals surface area contributed by atoms with Gasteiger partial charge < -0.3 is 10.2 Å². The topological polar surface area (TPSA) is 49.4 Å². The summed E-state index contributed by atoms with van der Waals surface area (Å²) in [7, 11) is 5.08. The van der Waals surface area contributed by atoms with Crippen molar-refractivity contribution in [2.45, 2.75) is 6.42 Å². The molecule has 0 unspecified atom stereocenters. The molecule has 0 radical (unpaired) electrons. The number of amides is 1. The Morgan fingerprint density at radius 2 is 2.05 bits per heavy atom. The Labute approximate surface area is 111 Å². The van der Waals surface area contributed by atoms with Crippen molar-refractivity contribution in [1.29, 1.82) is 0 Å². The first-order valence-electron chi connectivity index (χ1n) is 5.82. The normalized spacial score (nSPS) is 10.5. The molecule has 0 bridgehead atoms. The highest BCUT2D eigenvalue weighted by Gasteiger charge is 2.10. The molecule has 0 fully saturated rings. The van der Waals surface area contributed by atoms with E-state index in [1.807, 2.05) is 0 Å². The highest BCUT2D eigenvalue weighted by molar-refractivity contribution is 6.04. The van der Waals surface area contributed by atoms with Gasteiger partial charge in [0.05, 0.1) is 6.42 Å². The molecule has 1 amide bonds. The highest BCUT2D eigenvalue weighted by atomic mass is 19.1. The van der Waals surface area contributed by atoms with Gasteiger partial charge in [0.1, 0.15) is 5.82 Å². The Bertz CT molecular complexity index is 510.